The largest absolute Gasteiger partial charge is 0.479 e. The molecule has 1 aromatic carbocycles. The number of hydrogen-bond acceptors (Lipinski definition) is 4. The van der Waals surface area contributed by atoms with Crippen molar-refractivity contribution in [2.45, 2.75) is 64.5 Å². The van der Waals surface area contributed by atoms with Gasteiger partial charge in [0, 0.05) is 6.04 Å². The zero-order valence-corrected chi connectivity index (χ0v) is 13.6. The van der Waals surface area contributed by atoms with Gasteiger partial charge in [-0.1, -0.05) is 19.4 Å². The molecule has 0 saturated carbocycles. The second kappa shape index (κ2) is 8.18. The number of hydrogen-bond donors (Lipinski definition) is 1. The molecule has 1 aliphatic rings. The molecule has 1 aliphatic carbocycles. The third kappa shape index (κ3) is 4.23. The molecule has 0 aliphatic heterocycles. The van der Waals surface area contributed by atoms with Crippen LogP contribution in [0.5, 0.6) is 5.75 Å². The Morgan fingerprint density at radius 1 is 1.41 bits per heavy atom. The molecule has 0 aromatic heterocycles. The van der Waals surface area contributed by atoms with E-state index in [1.165, 1.54) is 5.56 Å². The minimum absolute atomic E-state index is 0.0731. The Labute approximate surface area is 133 Å². The van der Waals surface area contributed by atoms with Gasteiger partial charge in [-0.05, 0) is 62.3 Å². The molecule has 2 atom stereocenters. The summed E-state index contributed by atoms with van der Waals surface area (Å²) in [5.41, 5.74) is 8.64. The van der Waals surface area contributed by atoms with Gasteiger partial charge in [-0.25, -0.2) is 4.79 Å². The minimum Gasteiger partial charge on any atom is -0.479 e. The predicted octanol–water partition coefficient (Wildman–Crippen LogP) is 3.52. The number of fused-ring (bicyclic) bond motifs is 1. The number of aryl methyl sites for hydroxylation is 1. The molecular weight excluding hydrogens is 278 g/mol. The first-order chi connectivity index (χ1) is 10.7. The van der Waals surface area contributed by atoms with Crippen molar-refractivity contribution in [3.05, 3.63) is 29.3 Å². The van der Waals surface area contributed by atoms with E-state index in [0.29, 0.717) is 18.8 Å². The number of carbonyl (C=O) groups is 1. The first-order valence-electron chi connectivity index (χ1n) is 8.37. The van der Waals surface area contributed by atoms with Gasteiger partial charge >= 0.3 is 5.97 Å². The van der Waals surface area contributed by atoms with Crippen molar-refractivity contribution in [3.8, 4) is 5.75 Å². The monoisotopic (exact) mass is 305 g/mol. The number of esters is 1. The van der Waals surface area contributed by atoms with Crippen molar-refractivity contribution < 1.29 is 14.3 Å². The van der Waals surface area contributed by atoms with Gasteiger partial charge in [0.25, 0.3) is 0 Å². The summed E-state index contributed by atoms with van der Waals surface area (Å²) in [4.78, 5) is 12.0. The highest BCUT2D eigenvalue weighted by molar-refractivity contribution is 5.75. The molecule has 0 radical (unpaired) electrons. The zero-order valence-electron chi connectivity index (χ0n) is 13.6. The van der Waals surface area contributed by atoms with E-state index in [0.717, 1.165) is 37.7 Å². The summed E-state index contributed by atoms with van der Waals surface area (Å²) >= 11 is 0. The Morgan fingerprint density at radius 3 is 2.95 bits per heavy atom. The lowest BCUT2D eigenvalue weighted by Gasteiger charge is -2.24. The van der Waals surface area contributed by atoms with Crippen LogP contribution in [0.25, 0.3) is 0 Å². The van der Waals surface area contributed by atoms with E-state index in [4.69, 9.17) is 15.2 Å². The maximum atomic E-state index is 12.0. The highest BCUT2D eigenvalue weighted by atomic mass is 16.6. The van der Waals surface area contributed by atoms with E-state index in [-0.39, 0.29) is 12.0 Å². The standard InChI is InChI=1S/C18H27NO3/c1-3-5-9-17(18(20)21-4-2)22-14-11-10-13-7-6-8-16(19)15(13)12-14/h10-12,16-17H,3-9,19H2,1-2H3. The summed E-state index contributed by atoms with van der Waals surface area (Å²) in [6, 6.07) is 6.09. The van der Waals surface area contributed by atoms with Crippen LogP contribution in [0, 0.1) is 0 Å². The maximum Gasteiger partial charge on any atom is 0.347 e. The lowest BCUT2D eigenvalue weighted by Crippen LogP contribution is -2.29. The molecule has 4 nitrogen and oxygen atoms in total. The molecule has 22 heavy (non-hydrogen) atoms. The first-order valence-corrected chi connectivity index (χ1v) is 8.37. The van der Waals surface area contributed by atoms with Crippen molar-refractivity contribution in [3.63, 3.8) is 0 Å². The average Bonchev–Trinajstić information content (AvgIpc) is 2.52. The minimum atomic E-state index is -0.530. The van der Waals surface area contributed by atoms with Gasteiger partial charge in [0.1, 0.15) is 5.75 Å². The molecule has 0 fully saturated rings. The number of unbranched alkanes of at least 4 members (excludes halogenated alkanes) is 1. The zero-order chi connectivity index (χ0) is 15.9. The molecule has 2 rings (SSSR count). The van der Waals surface area contributed by atoms with E-state index in [1.54, 1.807) is 0 Å². The fourth-order valence-corrected chi connectivity index (χ4v) is 2.90. The van der Waals surface area contributed by atoms with Gasteiger partial charge in [0.05, 0.1) is 6.61 Å². The highest BCUT2D eigenvalue weighted by Crippen LogP contribution is 2.31. The molecule has 0 saturated heterocycles. The molecule has 1 aromatic rings. The van der Waals surface area contributed by atoms with Gasteiger partial charge in [-0.2, -0.15) is 0 Å². The normalized spacial score (nSPS) is 18.4. The van der Waals surface area contributed by atoms with E-state index in [2.05, 4.69) is 13.0 Å². The number of rotatable bonds is 7. The number of benzene rings is 1. The topological polar surface area (TPSA) is 61.5 Å². The molecule has 0 bridgehead atoms. The summed E-state index contributed by atoms with van der Waals surface area (Å²) in [5.74, 6) is 0.434. The van der Waals surface area contributed by atoms with Crippen molar-refractivity contribution in [1.29, 1.82) is 0 Å². The Hall–Kier alpha value is -1.55. The van der Waals surface area contributed by atoms with Crippen LogP contribution in [0.1, 0.15) is 63.1 Å². The summed E-state index contributed by atoms with van der Waals surface area (Å²) in [5, 5.41) is 0. The number of ether oxygens (including phenoxy) is 2. The Morgan fingerprint density at radius 2 is 2.23 bits per heavy atom. The van der Waals surface area contributed by atoms with Crippen molar-refractivity contribution in [2.24, 2.45) is 5.73 Å². The van der Waals surface area contributed by atoms with Crippen molar-refractivity contribution in [2.75, 3.05) is 6.61 Å². The molecular formula is C18H27NO3. The Balaban J connectivity index is 2.11. The van der Waals surface area contributed by atoms with E-state index >= 15 is 0 Å². The molecule has 0 spiro atoms. The second-order valence-corrected chi connectivity index (χ2v) is 5.86. The summed E-state index contributed by atoms with van der Waals surface area (Å²) in [6.07, 6.45) is 5.32. The quantitative estimate of drug-likeness (QED) is 0.783. The molecule has 2 N–H and O–H groups in total. The van der Waals surface area contributed by atoms with Gasteiger partial charge in [0.2, 0.25) is 0 Å². The van der Waals surface area contributed by atoms with Crippen LogP contribution in [-0.4, -0.2) is 18.7 Å². The SMILES string of the molecule is CCCCC(Oc1ccc2c(c1)C(N)CCC2)C(=O)OCC. The van der Waals surface area contributed by atoms with Crippen LogP contribution in [-0.2, 0) is 16.0 Å². The average molecular weight is 305 g/mol. The van der Waals surface area contributed by atoms with Crippen LogP contribution in [0.4, 0.5) is 0 Å². The van der Waals surface area contributed by atoms with E-state index in [1.807, 2.05) is 19.1 Å². The van der Waals surface area contributed by atoms with E-state index < -0.39 is 6.10 Å². The van der Waals surface area contributed by atoms with Crippen LogP contribution >= 0.6 is 0 Å². The smallest absolute Gasteiger partial charge is 0.347 e. The Bertz CT molecular complexity index is 501. The first kappa shape index (κ1) is 16.8. The van der Waals surface area contributed by atoms with Crippen LogP contribution in [0.2, 0.25) is 0 Å². The number of carbonyl (C=O) groups excluding carboxylic acids is 1. The predicted molar refractivity (Wildman–Crippen MR) is 86.9 cm³/mol. The van der Waals surface area contributed by atoms with Crippen LogP contribution < -0.4 is 10.5 Å². The fraction of sp³-hybridized carbons (Fsp3) is 0.611. The molecule has 0 heterocycles. The lowest BCUT2D eigenvalue weighted by molar-refractivity contribution is -0.151. The third-order valence-corrected chi connectivity index (χ3v) is 4.13. The molecule has 0 amide bonds. The highest BCUT2D eigenvalue weighted by Gasteiger charge is 2.23. The van der Waals surface area contributed by atoms with Crippen LogP contribution in [0.15, 0.2) is 18.2 Å². The van der Waals surface area contributed by atoms with Crippen molar-refractivity contribution in [1.82, 2.24) is 0 Å². The maximum absolute atomic E-state index is 12.0. The van der Waals surface area contributed by atoms with Crippen molar-refractivity contribution >= 4 is 5.97 Å². The van der Waals surface area contributed by atoms with Gasteiger partial charge < -0.3 is 15.2 Å². The lowest BCUT2D eigenvalue weighted by atomic mass is 9.88. The summed E-state index contributed by atoms with van der Waals surface area (Å²) in [6.45, 7) is 4.28. The Kier molecular flexibility index (Phi) is 6.25. The van der Waals surface area contributed by atoms with Gasteiger partial charge in [0.15, 0.2) is 6.10 Å². The molecule has 122 valence electrons. The van der Waals surface area contributed by atoms with E-state index in [9.17, 15) is 4.79 Å². The number of nitrogens with two attached hydrogens (primary N) is 1. The summed E-state index contributed by atoms with van der Waals surface area (Å²) < 4.78 is 11.0. The summed E-state index contributed by atoms with van der Waals surface area (Å²) in [7, 11) is 0. The van der Waals surface area contributed by atoms with Gasteiger partial charge in [-0.15, -0.1) is 0 Å². The van der Waals surface area contributed by atoms with Gasteiger partial charge in [-0.3, -0.25) is 0 Å². The second-order valence-electron chi connectivity index (χ2n) is 5.86. The fourth-order valence-electron chi connectivity index (χ4n) is 2.90. The van der Waals surface area contributed by atoms with Crippen LogP contribution in [0.3, 0.4) is 0 Å². The molecule has 2 unspecified atom stereocenters. The molecule has 4 heteroatoms. The third-order valence-electron chi connectivity index (χ3n) is 4.13.